The number of nitrogens with zero attached hydrogens (tertiary/aromatic N) is 3. The first-order valence-corrected chi connectivity index (χ1v) is 8.14. The molecule has 1 heterocycles. The summed E-state index contributed by atoms with van der Waals surface area (Å²) in [6.07, 6.45) is 3.60. The second kappa shape index (κ2) is 8.49. The lowest BCUT2D eigenvalue weighted by atomic mass is 9.94. The van der Waals surface area contributed by atoms with Crippen LogP contribution in [0.4, 0.5) is 0 Å². The number of hydrogen-bond donors (Lipinski definition) is 1. The molecular formula is C16H32N4O. The molecule has 122 valence electrons. The summed E-state index contributed by atoms with van der Waals surface area (Å²) in [5.41, 5.74) is -0.224. The van der Waals surface area contributed by atoms with E-state index in [1.165, 1.54) is 0 Å². The molecular weight excluding hydrogens is 264 g/mol. The monoisotopic (exact) mass is 296 g/mol. The first-order valence-electron chi connectivity index (χ1n) is 8.14. The maximum atomic E-state index is 5.94. The molecule has 5 nitrogen and oxygen atoms in total. The van der Waals surface area contributed by atoms with E-state index in [-0.39, 0.29) is 11.6 Å². The highest BCUT2D eigenvalue weighted by Crippen LogP contribution is 2.19. The number of rotatable bonds is 10. The Hall–Kier alpha value is -0.940. The fourth-order valence-corrected chi connectivity index (χ4v) is 2.48. The lowest BCUT2D eigenvalue weighted by Crippen LogP contribution is -2.50. The van der Waals surface area contributed by atoms with Gasteiger partial charge in [0.05, 0.1) is 5.60 Å². The zero-order valence-corrected chi connectivity index (χ0v) is 14.5. The van der Waals surface area contributed by atoms with Crippen LogP contribution in [0, 0.1) is 5.92 Å². The van der Waals surface area contributed by atoms with E-state index in [1.807, 2.05) is 11.6 Å². The molecule has 5 heteroatoms. The molecule has 0 fully saturated rings. The maximum Gasteiger partial charge on any atom is 0.138 e. The molecule has 0 amide bonds. The van der Waals surface area contributed by atoms with Crippen molar-refractivity contribution >= 4 is 0 Å². The van der Waals surface area contributed by atoms with Gasteiger partial charge >= 0.3 is 0 Å². The van der Waals surface area contributed by atoms with Crippen LogP contribution < -0.4 is 5.32 Å². The molecule has 0 aliphatic rings. The van der Waals surface area contributed by atoms with Crippen molar-refractivity contribution in [1.82, 2.24) is 20.1 Å². The van der Waals surface area contributed by atoms with Gasteiger partial charge in [0, 0.05) is 25.6 Å². The highest BCUT2D eigenvalue weighted by Gasteiger charge is 2.31. The van der Waals surface area contributed by atoms with Crippen LogP contribution in [0.1, 0.15) is 53.8 Å². The van der Waals surface area contributed by atoms with Gasteiger partial charge in [0.15, 0.2) is 0 Å². The normalized spacial score (nSPS) is 13.9. The Bertz CT molecular complexity index is 401. The van der Waals surface area contributed by atoms with Crippen LogP contribution >= 0.6 is 0 Å². The first kappa shape index (κ1) is 18.1. The van der Waals surface area contributed by atoms with Crippen LogP contribution in [0.2, 0.25) is 0 Å². The van der Waals surface area contributed by atoms with Crippen LogP contribution in [0.3, 0.4) is 0 Å². The Kier molecular flexibility index (Phi) is 7.32. The Balaban J connectivity index is 2.83. The fourth-order valence-electron chi connectivity index (χ4n) is 2.48. The lowest BCUT2D eigenvalue weighted by Gasteiger charge is -2.35. The van der Waals surface area contributed by atoms with Crippen molar-refractivity contribution in [2.75, 3.05) is 13.2 Å². The van der Waals surface area contributed by atoms with Gasteiger partial charge in [-0.15, -0.1) is 0 Å². The minimum atomic E-state index is -0.224. The third kappa shape index (κ3) is 5.75. The second-order valence-corrected chi connectivity index (χ2v) is 6.50. The van der Waals surface area contributed by atoms with Crippen molar-refractivity contribution in [2.24, 2.45) is 5.92 Å². The van der Waals surface area contributed by atoms with Crippen molar-refractivity contribution in [2.45, 2.75) is 72.6 Å². The fraction of sp³-hybridized carbons (Fsp3) is 0.875. The number of aromatic nitrogens is 3. The van der Waals surface area contributed by atoms with Crippen LogP contribution in [0.25, 0.3) is 0 Å². The van der Waals surface area contributed by atoms with Gasteiger partial charge in [0.1, 0.15) is 12.2 Å². The van der Waals surface area contributed by atoms with E-state index in [0.29, 0.717) is 5.92 Å². The molecule has 0 saturated heterocycles. The number of hydrogen-bond acceptors (Lipinski definition) is 4. The molecule has 0 saturated carbocycles. The van der Waals surface area contributed by atoms with Gasteiger partial charge in [-0.1, -0.05) is 20.8 Å². The van der Waals surface area contributed by atoms with Crippen molar-refractivity contribution < 1.29 is 4.74 Å². The van der Waals surface area contributed by atoms with Gasteiger partial charge < -0.3 is 10.1 Å². The summed E-state index contributed by atoms with van der Waals surface area (Å²) in [6.45, 7) is 15.5. The highest BCUT2D eigenvalue weighted by molar-refractivity contribution is 4.97. The van der Waals surface area contributed by atoms with Gasteiger partial charge in [0.25, 0.3) is 0 Å². The summed E-state index contributed by atoms with van der Waals surface area (Å²) in [7, 11) is 0. The maximum absolute atomic E-state index is 5.94. The SMILES string of the molecule is CCCNC(Cc1ncnn1CC(C)C)C(C)(C)OCC. The lowest BCUT2D eigenvalue weighted by molar-refractivity contribution is -0.0386. The van der Waals surface area contributed by atoms with E-state index in [0.717, 1.165) is 38.4 Å². The molecule has 21 heavy (non-hydrogen) atoms. The highest BCUT2D eigenvalue weighted by atomic mass is 16.5. The molecule has 1 rings (SSSR count). The minimum absolute atomic E-state index is 0.224. The minimum Gasteiger partial charge on any atom is -0.374 e. The standard InChI is InChI=1S/C16H32N4O/c1-7-9-17-14(16(5,6)21-8-2)10-15-18-12-19-20(15)11-13(3)4/h12-14,17H,7-11H2,1-6H3. The molecule has 0 radical (unpaired) electrons. The van der Waals surface area contributed by atoms with Crippen molar-refractivity contribution in [3.05, 3.63) is 12.2 Å². The summed E-state index contributed by atoms with van der Waals surface area (Å²) >= 11 is 0. The summed E-state index contributed by atoms with van der Waals surface area (Å²) in [4.78, 5) is 4.45. The molecule has 0 aliphatic carbocycles. The van der Waals surface area contributed by atoms with Gasteiger partial charge in [-0.05, 0) is 39.7 Å². The molecule has 0 bridgehead atoms. The molecule has 0 spiro atoms. The smallest absolute Gasteiger partial charge is 0.138 e. The molecule has 1 N–H and O–H groups in total. The van der Waals surface area contributed by atoms with Crippen LogP contribution in [-0.4, -0.2) is 39.6 Å². The summed E-state index contributed by atoms with van der Waals surface area (Å²) < 4.78 is 7.96. The average Bonchev–Trinajstić information content (AvgIpc) is 2.80. The Labute approximate surface area is 129 Å². The van der Waals surface area contributed by atoms with E-state index in [9.17, 15) is 0 Å². The van der Waals surface area contributed by atoms with E-state index in [2.05, 4.69) is 50.0 Å². The third-order valence-corrected chi connectivity index (χ3v) is 3.62. The van der Waals surface area contributed by atoms with E-state index in [4.69, 9.17) is 4.74 Å². The summed E-state index contributed by atoms with van der Waals surface area (Å²) in [5.74, 6) is 1.59. The zero-order chi connectivity index (χ0) is 15.9. The van der Waals surface area contributed by atoms with Crippen LogP contribution in [-0.2, 0) is 17.7 Å². The second-order valence-electron chi connectivity index (χ2n) is 6.50. The van der Waals surface area contributed by atoms with E-state index < -0.39 is 0 Å². The first-order chi connectivity index (χ1) is 9.90. The van der Waals surface area contributed by atoms with Gasteiger partial charge in [-0.25, -0.2) is 9.67 Å². The zero-order valence-electron chi connectivity index (χ0n) is 14.5. The predicted octanol–water partition coefficient (Wildman–Crippen LogP) is 2.66. The molecule has 0 aromatic carbocycles. The predicted molar refractivity (Wildman–Crippen MR) is 86.4 cm³/mol. The average molecular weight is 296 g/mol. The third-order valence-electron chi connectivity index (χ3n) is 3.62. The van der Waals surface area contributed by atoms with Crippen LogP contribution in [0.15, 0.2) is 6.33 Å². The van der Waals surface area contributed by atoms with Crippen molar-refractivity contribution in [3.63, 3.8) is 0 Å². The Morgan fingerprint density at radius 1 is 1.33 bits per heavy atom. The molecule has 1 atom stereocenters. The molecule has 1 unspecified atom stereocenters. The van der Waals surface area contributed by atoms with E-state index in [1.54, 1.807) is 6.33 Å². The Morgan fingerprint density at radius 3 is 2.62 bits per heavy atom. The van der Waals surface area contributed by atoms with Crippen LogP contribution in [0.5, 0.6) is 0 Å². The molecule has 1 aromatic heterocycles. The summed E-state index contributed by atoms with van der Waals surface area (Å²) in [5, 5.41) is 7.96. The van der Waals surface area contributed by atoms with Gasteiger partial charge in [0.2, 0.25) is 0 Å². The number of ether oxygens (including phenoxy) is 1. The summed E-state index contributed by atoms with van der Waals surface area (Å²) in [6, 6.07) is 0.229. The number of nitrogens with one attached hydrogen (secondary N) is 1. The Morgan fingerprint density at radius 2 is 2.05 bits per heavy atom. The quantitative estimate of drug-likeness (QED) is 0.721. The van der Waals surface area contributed by atoms with Crippen molar-refractivity contribution in [3.8, 4) is 0 Å². The van der Waals surface area contributed by atoms with E-state index >= 15 is 0 Å². The topological polar surface area (TPSA) is 52.0 Å². The molecule has 0 aliphatic heterocycles. The van der Waals surface area contributed by atoms with Gasteiger partial charge in [-0.2, -0.15) is 5.10 Å². The van der Waals surface area contributed by atoms with Gasteiger partial charge in [-0.3, -0.25) is 0 Å². The largest absolute Gasteiger partial charge is 0.374 e. The molecule has 1 aromatic rings. The van der Waals surface area contributed by atoms with Crippen molar-refractivity contribution in [1.29, 1.82) is 0 Å².